The average molecular weight is 414 g/mol. The summed E-state index contributed by atoms with van der Waals surface area (Å²) in [6, 6.07) is 9.67. The van der Waals surface area contributed by atoms with Gasteiger partial charge in [-0.1, -0.05) is 30.0 Å². The lowest BCUT2D eigenvalue weighted by atomic mass is 9.54. The summed E-state index contributed by atoms with van der Waals surface area (Å²) in [5.41, 5.74) is 0.982. The van der Waals surface area contributed by atoms with Crippen molar-refractivity contribution < 1.29 is 9.53 Å². The van der Waals surface area contributed by atoms with Crippen LogP contribution in [-0.4, -0.2) is 50.6 Å². The smallest absolute Gasteiger partial charge is 0.230 e. The number of aromatic nitrogens is 4. The highest BCUT2D eigenvalue weighted by molar-refractivity contribution is 7.99. The minimum Gasteiger partial charge on any atom is -0.373 e. The number of benzene rings is 1. The molecule has 0 atom stereocenters. The van der Waals surface area contributed by atoms with E-state index >= 15 is 0 Å². The lowest BCUT2D eigenvalue weighted by Gasteiger charge is -2.56. The topological polar surface area (TPSA) is 81.9 Å². The monoisotopic (exact) mass is 413 g/mol. The Hall–Kier alpha value is -1.93. The highest BCUT2D eigenvalue weighted by Gasteiger charge is 2.51. The SMILES string of the molecule is O=C(CSc1nnnn1-c1ccccc1)NCCOC12CC3CC(CC(C3)C1)C2. The van der Waals surface area contributed by atoms with Crippen LogP contribution >= 0.6 is 11.8 Å². The number of hydrogen-bond acceptors (Lipinski definition) is 6. The Morgan fingerprint density at radius 3 is 2.52 bits per heavy atom. The molecule has 0 saturated heterocycles. The number of thioether (sulfide) groups is 1. The van der Waals surface area contributed by atoms with Gasteiger partial charge in [-0.25, -0.2) is 0 Å². The van der Waals surface area contributed by atoms with Crippen molar-refractivity contribution in [3.63, 3.8) is 0 Å². The maximum atomic E-state index is 12.2. The van der Waals surface area contributed by atoms with Crippen molar-refractivity contribution in [3.8, 4) is 5.69 Å². The van der Waals surface area contributed by atoms with Crippen LogP contribution in [0.4, 0.5) is 0 Å². The van der Waals surface area contributed by atoms with Crippen LogP contribution < -0.4 is 5.32 Å². The summed E-state index contributed by atoms with van der Waals surface area (Å²) in [6.45, 7) is 1.16. The molecule has 29 heavy (non-hydrogen) atoms. The number of carbonyl (C=O) groups excluding carboxylic acids is 1. The van der Waals surface area contributed by atoms with Gasteiger partial charge in [-0.3, -0.25) is 4.79 Å². The number of rotatable bonds is 8. The zero-order valence-electron chi connectivity index (χ0n) is 16.5. The van der Waals surface area contributed by atoms with E-state index in [0.29, 0.717) is 18.3 Å². The number of hydrogen-bond donors (Lipinski definition) is 1. The van der Waals surface area contributed by atoms with Gasteiger partial charge in [0.25, 0.3) is 0 Å². The number of carbonyl (C=O) groups is 1. The minimum atomic E-state index is -0.0216. The largest absolute Gasteiger partial charge is 0.373 e. The fraction of sp³-hybridized carbons (Fsp3) is 0.619. The Balaban J connectivity index is 1.06. The number of amides is 1. The molecule has 0 radical (unpaired) electrons. The van der Waals surface area contributed by atoms with Gasteiger partial charge in [0, 0.05) is 6.54 Å². The van der Waals surface area contributed by atoms with E-state index in [0.717, 1.165) is 23.4 Å². The van der Waals surface area contributed by atoms with Crippen LogP contribution in [0.25, 0.3) is 5.69 Å². The van der Waals surface area contributed by atoms with Gasteiger partial charge in [0.2, 0.25) is 11.1 Å². The maximum absolute atomic E-state index is 12.2. The summed E-state index contributed by atoms with van der Waals surface area (Å²) >= 11 is 1.34. The van der Waals surface area contributed by atoms with E-state index in [1.807, 2.05) is 30.3 Å². The first-order valence-corrected chi connectivity index (χ1v) is 11.5. The molecule has 4 aliphatic rings. The van der Waals surface area contributed by atoms with Crippen LogP contribution in [0.1, 0.15) is 38.5 Å². The summed E-state index contributed by atoms with van der Waals surface area (Å²) in [5.74, 6) is 2.89. The van der Waals surface area contributed by atoms with Gasteiger partial charge in [-0.2, -0.15) is 4.68 Å². The molecule has 1 aromatic heterocycles. The van der Waals surface area contributed by atoms with Gasteiger partial charge in [-0.15, -0.1) is 5.10 Å². The lowest BCUT2D eigenvalue weighted by Crippen LogP contribution is -2.52. The Bertz CT molecular complexity index is 820. The quantitative estimate of drug-likeness (QED) is 0.529. The highest BCUT2D eigenvalue weighted by Crippen LogP contribution is 2.57. The molecule has 4 bridgehead atoms. The molecule has 1 N–H and O–H groups in total. The second kappa shape index (κ2) is 8.07. The molecule has 0 unspecified atom stereocenters. The second-order valence-corrected chi connectivity index (χ2v) is 9.74. The third-order valence-electron chi connectivity index (χ3n) is 6.59. The first kappa shape index (κ1) is 19.1. The van der Waals surface area contributed by atoms with E-state index in [4.69, 9.17) is 4.74 Å². The Labute approximate surface area is 175 Å². The number of tetrazole rings is 1. The zero-order chi connectivity index (χ0) is 19.7. The van der Waals surface area contributed by atoms with Gasteiger partial charge in [0.15, 0.2) is 0 Å². The highest BCUT2D eigenvalue weighted by atomic mass is 32.2. The molecule has 154 valence electrons. The summed E-state index contributed by atoms with van der Waals surface area (Å²) in [5, 5.41) is 15.4. The van der Waals surface area contributed by atoms with Crippen molar-refractivity contribution >= 4 is 17.7 Å². The Kier molecular flexibility index (Phi) is 5.30. The first-order valence-electron chi connectivity index (χ1n) is 10.6. The minimum absolute atomic E-state index is 0.0216. The van der Waals surface area contributed by atoms with Crippen molar-refractivity contribution in [1.82, 2.24) is 25.5 Å². The molecule has 8 heteroatoms. The van der Waals surface area contributed by atoms with Gasteiger partial charge >= 0.3 is 0 Å². The van der Waals surface area contributed by atoms with Crippen LogP contribution in [0.15, 0.2) is 35.5 Å². The van der Waals surface area contributed by atoms with E-state index in [2.05, 4.69) is 20.8 Å². The molecule has 0 spiro atoms. The number of nitrogens with one attached hydrogen (secondary N) is 1. The van der Waals surface area contributed by atoms with Gasteiger partial charge in [0.05, 0.1) is 23.6 Å². The molecule has 1 amide bonds. The molecule has 2 aromatic rings. The molecule has 6 rings (SSSR count). The predicted molar refractivity (Wildman–Crippen MR) is 110 cm³/mol. The summed E-state index contributed by atoms with van der Waals surface area (Å²) in [4.78, 5) is 12.2. The van der Waals surface area contributed by atoms with Crippen molar-refractivity contribution in [2.45, 2.75) is 49.3 Å². The fourth-order valence-electron chi connectivity index (χ4n) is 5.85. The standard InChI is InChI=1S/C21H27N5O2S/c27-19(14-29-20-23-24-25-26(20)18-4-2-1-3-5-18)22-6-7-28-21-11-15-8-16(12-21)10-17(9-15)13-21/h1-5,15-17H,6-14H2,(H,22,27). The molecule has 0 aliphatic heterocycles. The molecule has 1 heterocycles. The third-order valence-corrected chi connectivity index (χ3v) is 7.51. The molecular weight excluding hydrogens is 386 g/mol. The molecule has 4 saturated carbocycles. The number of para-hydroxylation sites is 1. The van der Waals surface area contributed by atoms with Crippen molar-refractivity contribution in [1.29, 1.82) is 0 Å². The van der Waals surface area contributed by atoms with E-state index in [1.54, 1.807) is 4.68 Å². The van der Waals surface area contributed by atoms with E-state index < -0.39 is 0 Å². The van der Waals surface area contributed by atoms with Gasteiger partial charge in [0.1, 0.15) is 0 Å². The van der Waals surface area contributed by atoms with Gasteiger partial charge < -0.3 is 10.1 Å². The molecular formula is C21H27N5O2S. The third kappa shape index (κ3) is 4.19. The van der Waals surface area contributed by atoms with Crippen LogP contribution in [0.3, 0.4) is 0 Å². The summed E-state index contributed by atoms with van der Waals surface area (Å²) < 4.78 is 8.01. The normalized spacial score (nSPS) is 29.9. The molecule has 4 aliphatic carbocycles. The average Bonchev–Trinajstić information content (AvgIpc) is 3.18. The van der Waals surface area contributed by atoms with Gasteiger partial charge in [-0.05, 0) is 78.8 Å². The zero-order valence-corrected chi connectivity index (χ0v) is 17.3. The number of nitrogens with zero attached hydrogens (tertiary/aromatic N) is 4. The summed E-state index contributed by atoms with van der Waals surface area (Å²) in [6.07, 6.45) is 7.93. The van der Waals surface area contributed by atoms with E-state index in [9.17, 15) is 4.79 Å². The lowest BCUT2D eigenvalue weighted by molar-refractivity contribution is -0.161. The first-order chi connectivity index (χ1) is 14.2. The van der Waals surface area contributed by atoms with Crippen LogP contribution in [0.2, 0.25) is 0 Å². The van der Waals surface area contributed by atoms with E-state index in [1.165, 1.54) is 50.3 Å². The Morgan fingerprint density at radius 1 is 1.14 bits per heavy atom. The van der Waals surface area contributed by atoms with E-state index in [-0.39, 0.29) is 17.3 Å². The van der Waals surface area contributed by atoms with Crippen LogP contribution in [0, 0.1) is 17.8 Å². The Morgan fingerprint density at radius 2 is 1.83 bits per heavy atom. The fourth-order valence-corrected chi connectivity index (χ4v) is 6.57. The summed E-state index contributed by atoms with van der Waals surface area (Å²) in [7, 11) is 0. The van der Waals surface area contributed by atoms with Crippen molar-refractivity contribution in [3.05, 3.63) is 30.3 Å². The molecule has 1 aromatic carbocycles. The number of ether oxygens (including phenoxy) is 1. The van der Waals surface area contributed by atoms with Crippen LogP contribution in [0.5, 0.6) is 0 Å². The second-order valence-electron chi connectivity index (χ2n) is 8.80. The molecule has 7 nitrogen and oxygen atoms in total. The van der Waals surface area contributed by atoms with Crippen molar-refractivity contribution in [2.24, 2.45) is 17.8 Å². The molecule has 4 fully saturated rings. The van der Waals surface area contributed by atoms with Crippen molar-refractivity contribution in [2.75, 3.05) is 18.9 Å². The van der Waals surface area contributed by atoms with Crippen LogP contribution in [-0.2, 0) is 9.53 Å². The predicted octanol–water partition coefficient (Wildman–Crippen LogP) is 2.86. The maximum Gasteiger partial charge on any atom is 0.230 e.